The average molecular weight is 600 g/mol. The van der Waals surface area contributed by atoms with Crippen LogP contribution in [-0.4, -0.2) is 66.8 Å². The summed E-state index contributed by atoms with van der Waals surface area (Å²) >= 11 is 3.49. The number of halogens is 1. The molecular weight excluding hydrogens is 560 g/mol. The number of anilines is 1. The highest BCUT2D eigenvalue weighted by atomic mass is 79.9. The maximum atomic E-state index is 13.6. The van der Waals surface area contributed by atoms with Gasteiger partial charge in [-0.3, -0.25) is 4.79 Å². The fraction of sp³-hybridized carbons (Fsp3) is 0.400. The lowest BCUT2D eigenvalue weighted by Crippen LogP contribution is -2.45. The van der Waals surface area contributed by atoms with E-state index in [0.29, 0.717) is 44.1 Å². The number of hydrogen-bond donors (Lipinski definition) is 1. The van der Waals surface area contributed by atoms with Gasteiger partial charge in [0.25, 0.3) is 0 Å². The number of aromatic nitrogens is 1. The molecule has 0 saturated carbocycles. The summed E-state index contributed by atoms with van der Waals surface area (Å²) in [5.41, 5.74) is 2.79. The third-order valence-corrected chi connectivity index (χ3v) is 6.94. The molecule has 1 aromatic heterocycles. The molecule has 0 bridgehead atoms. The summed E-state index contributed by atoms with van der Waals surface area (Å²) in [7, 11) is 3.18. The number of methoxy groups -OCH3 is 2. The number of ether oxygens (including phenoxy) is 2. The summed E-state index contributed by atoms with van der Waals surface area (Å²) in [6.07, 6.45) is 4.51. The molecule has 1 N–H and O–H groups in total. The number of carbonyl (C=O) groups is 2. The lowest BCUT2D eigenvalue weighted by molar-refractivity contribution is -0.132. The molecule has 0 atom stereocenters. The second-order valence-electron chi connectivity index (χ2n) is 9.32. The van der Waals surface area contributed by atoms with Gasteiger partial charge in [-0.2, -0.15) is 0 Å². The van der Waals surface area contributed by atoms with E-state index in [1.165, 1.54) is 5.56 Å². The minimum atomic E-state index is -0.349. The predicted octanol–water partition coefficient (Wildman–Crippen LogP) is 6.01. The van der Waals surface area contributed by atoms with Crippen LogP contribution >= 0.6 is 15.9 Å². The molecule has 0 saturated heterocycles. The summed E-state index contributed by atoms with van der Waals surface area (Å²) < 4.78 is 13.8. The average Bonchev–Trinajstić information content (AvgIpc) is 3.38. The van der Waals surface area contributed by atoms with Crippen molar-refractivity contribution in [1.29, 1.82) is 0 Å². The first-order valence-electron chi connectivity index (χ1n) is 13.3. The van der Waals surface area contributed by atoms with Crippen LogP contribution in [0.25, 0.3) is 0 Å². The van der Waals surface area contributed by atoms with Crippen LogP contribution in [0, 0.1) is 0 Å². The van der Waals surface area contributed by atoms with E-state index >= 15 is 0 Å². The summed E-state index contributed by atoms with van der Waals surface area (Å²) in [6, 6.07) is 19.2. The van der Waals surface area contributed by atoms with E-state index in [9.17, 15) is 9.59 Å². The van der Waals surface area contributed by atoms with E-state index < -0.39 is 0 Å². The zero-order chi connectivity index (χ0) is 28.0. The normalized spacial score (nSPS) is 10.8. The second kappa shape index (κ2) is 16.0. The molecule has 0 spiro atoms. The van der Waals surface area contributed by atoms with Crippen molar-refractivity contribution in [3.63, 3.8) is 0 Å². The Labute approximate surface area is 240 Å². The van der Waals surface area contributed by atoms with Gasteiger partial charge in [0.15, 0.2) is 0 Å². The third-order valence-electron chi connectivity index (χ3n) is 6.42. The molecule has 8 nitrogen and oxygen atoms in total. The van der Waals surface area contributed by atoms with Crippen molar-refractivity contribution in [2.24, 2.45) is 0 Å². The van der Waals surface area contributed by atoms with Gasteiger partial charge in [-0.25, -0.2) is 4.79 Å². The Morgan fingerprint density at radius 3 is 2.41 bits per heavy atom. The van der Waals surface area contributed by atoms with Crippen molar-refractivity contribution in [2.45, 2.75) is 39.3 Å². The standard InChI is InChI=1S/C30H39BrN4O4/c1-4-5-17-34(22-26-10-8-18-33(26)21-24-13-15-25(31)16-14-24)29(36)23-35(19-9-20-38-2)30(37)32-27-11-6-7-12-28(27)39-3/h6-8,10-16,18H,4-5,9,17,19-23H2,1-3H3,(H,32,37). The molecule has 0 unspecified atom stereocenters. The first-order valence-corrected chi connectivity index (χ1v) is 14.1. The third kappa shape index (κ3) is 9.44. The van der Waals surface area contributed by atoms with E-state index in [1.807, 2.05) is 41.4 Å². The van der Waals surface area contributed by atoms with Crippen LogP contribution in [0.4, 0.5) is 10.5 Å². The summed E-state index contributed by atoms with van der Waals surface area (Å²) in [6.45, 7) is 4.79. The maximum Gasteiger partial charge on any atom is 0.322 e. The Morgan fingerprint density at radius 2 is 1.69 bits per heavy atom. The highest BCUT2D eigenvalue weighted by Gasteiger charge is 2.23. The van der Waals surface area contributed by atoms with Crippen LogP contribution in [0.2, 0.25) is 0 Å². The van der Waals surface area contributed by atoms with Gasteiger partial charge in [0.05, 0.1) is 19.3 Å². The first kappa shape index (κ1) is 30.2. The van der Waals surface area contributed by atoms with Crippen LogP contribution in [0.3, 0.4) is 0 Å². The molecule has 0 aliphatic carbocycles. The summed E-state index contributed by atoms with van der Waals surface area (Å²) in [5, 5.41) is 2.90. The highest BCUT2D eigenvalue weighted by molar-refractivity contribution is 9.10. The van der Waals surface area contributed by atoms with Crippen molar-refractivity contribution < 1.29 is 19.1 Å². The summed E-state index contributed by atoms with van der Waals surface area (Å²) in [5.74, 6) is 0.470. The fourth-order valence-electron chi connectivity index (χ4n) is 4.23. The van der Waals surface area contributed by atoms with Gasteiger partial charge in [-0.05, 0) is 54.8 Å². The fourth-order valence-corrected chi connectivity index (χ4v) is 4.49. The van der Waals surface area contributed by atoms with Gasteiger partial charge in [-0.1, -0.05) is 53.5 Å². The Bertz CT molecular complexity index is 1180. The molecule has 9 heteroatoms. The quantitative estimate of drug-likeness (QED) is 0.217. The van der Waals surface area contributed by atoms with Gasteiger partial charge >= 0.3 is 6.03 Å². The van der Waals surface area contributed by atoms with E-state index in [1.54, 1.807) is 31.3 Å². The predicted molar refractivity (Wildman–Crippen MR) is 158 cm³/mol. The van der Waals surface area contributed by atoms with E-state index in [0.717, 1.165) is 29.6 Å². The number of nitrogens with zero attached hydrogens (tertiary/aromatic N) is 3. The summed E-state index contributed by atoms with van der Waals surface area (Å²) in [4.78, 5) is 30.3. The van der Waals surface area contributed by atoms with Gasteiger partial charge in [-0.15, -0.1) is 0 Å². The first-order chi connectivity index (χ1) is 18.9. The van der Waals surface area contributed by atoms with Gasteiger partial charge in [0.1, 0.15) is 12.3 Å². The molecule has 3 amide bonds. The van der Waals surface area contributed by atoms with Crippen molar-refractivity contribution >= 4 is 33.6 Å². The Morgan fingerprint density at radius 1 is 0.949 bits per heavy atom. The van der Waals surface area contributed by atoms with E-state index in [4.69, 9.17) is 9.47 Å². The lowest BCUT2D eigenvalue weighted by atomic mass is 10.2. The SMILES string of the molecule is CCCCN(Cc1cccn1Cc1ccc(Br)cc1)C(=O)CN(CCCOC)C(=O)Nc1ccccc1OC. The zero-order valence-corrected chi connectivity index (χ0v) is 24.7. The van der Waals surface area contributed by atoms with Crippen molar-refractivity contribution in [2.75, 3.05) is 45.8 Å². The molecule has 0 aliphatic heterocycles. The number of nitrogens with one attached hydrogen (secondary N) is 1. The second-order valence-corrected chi connectivity index (χ2v) is 10.2. The van der Waals surface area contributed by atoms with Crippen molar-refractivity contribution in [3.05, 3.63) is 82.6 Å². The Kier molecular flexibility index (Phi) is 12.4. The minimum absolute atomic E-state index is 0.0260. The molecule has 3 rings (SSSR count). The number of hydrogen-bond acceptors (Lipinski definition) is 4. The van der Waals surface area contributed by atoms with Crippen LogP contribution < -0.4 is 10.1 Å². The molecular formula is C30H39BrN4O4. The van der Waals surface area contributed by atoms with Crippen LogP contribution in [0.15, 0.2) is 71.3 Å². The molecule has 39 heavy (non-hydrogen) atoms. The zero-order valence-electron chi connectivity index (χ0n) is 23.1. The molecule has 2 aromatic carbocycles. The number of unbranched alkanes of at least 4 members (excludes halogenated alkanes) is 1. The Hall–Kier alpha value is -3.30. The number of benzene rings is 2. The number of urea groups is 1. The molecule has 0 radical (unpaired) electrons. The number of carbonyl (C=O) groups excluding carboxylic acids is 2. The van der Waals surface area contributed by atoms with Crippen LogP contribution in [-0.2, 0) is 22.6 Å². The van der Waals surface area contributed by atoms with Crippen molar-refractivity contribution in [1.82, 2.24) is 14.4 Å². The van der Waals surface area contributed by atoms with Gasteiger partial charge in [0.2, 0.25) is 5.91 Å². The van der Waals surface area contributed by atoms with Crippen LogP contribution in [0.1, 0.15) is 37.4 Å². The van der Waals surface area contributed by atoms with Gasteiger partial charge in [0, 0.05) is 49.7 Å². The largest absolute Gasteiger partial charge is 0.495 e. The minimum Gasteiger partial charge on any atom is -0.495 e. The van der Waals surface area contributed by atoms with E-state index in [-0.39, 0.29) is 18.5 Å². The molecule has 210 valence electrons. The molecule has 3 aromatic rings. The molecule has 0 aliphatic rings. The van der Waals surface area contributed by atoms with Crippen molar-refractivity contribution in [3.8, 4) is 5.75 Å². The maximum absolute atomic E-state index is 13.6. The monoisotopic (exact) mass is 598 g/mol. The molecule has 1 heterocycles. The number of rotatable bonds is 15. The van der Waals surface area contributed by atoms with E-state index in [2.05, 4.69) is 50.9 Å². The topological polar surface area (TPSA) is 76.0 Å². The highest BCUT2D eigenvalue weighted by Crippen LogP contribution is 2.23. The Balaban J connectivity index is 1.74. The number of amides is 3. The van der Waals surface area contributed by atoms with Crippen LogP contribution in [0.5, 0.6) is 5.75 Å². The number of para-hydroxylation sites is 2. The smallest absolute Gasteiger partial charge is 0.322 e. The molecule has 0 fully saturated rings. The van der Waals surface area contributed by atoms with Gasteiger partial charge < -0.3 is 29.2 Å². The lowest BCUT2D eigenvalue weighted by Gasteiger charge is -2.28.